The Morgan fingerprint density at radius 1 is 1.36 bits per heavy atom. The van der Waals surface area contributed by atoms with Gasteiger partial charge in [-0.1, -0.05) is 30.3 Å². The summed E-state index contributed by atoms with van der Waals surface area (Å²) in [4.78, 5) is 20.0. The van der Waals surface area contributed by atoms with Gasteiger partial charge < -0.3 is 5.11 Å². The summed E-state index contributed by atoms with van der Waals surface area (Å²) in [6, 6.07) is 5.97. The third-order valence-corrected chi connectivity index (χ3v) is 1.56. The van der Waals surface area contributed by atoms with Crippen LogP contribution in [-0.2, 0) is 27.2 Å². The maximum Gasteiger partial charge on any atom is 0.384 e. The van der Waals surface area contributed by atoms with Crippen molar-refractivity contribution in [1.82, 2.24) is 0 Å². The van der Waals surface area contributed by atoms with E-state index in [2.05, 4.69) is 0 Å². The summed E-state index contributed by atoms with van der Waals surface area (Å²) >= 11 is 0. The first-order valence-electron chi connectivity index (χ1n) is 3.54. The Morgan fingerprint density at radius 3 is 2.21 bits per heavy atom. The summed E-state index contributed by atoms with van der Waals surface area (Å²) in [5.74, 6) is -1.45. The molecule has 0 fully saturated rings. The zero-order chi connectivity index (χ0) is 9.84. The minimum Gasteiger partial charge on any atom is -0.476 e. The molecule has 0 aliphatic rings. The molecule has 0 spiro atoms. The van der Waals surface area contributed by atoms with Crippen LogP contribution in [0.4, 0.5) is 0 Å². The Morgan fingerprint density at radius 2 is 1.86 bits per heavy atom. The fourth-order valence-corrected chi connectivity index (χ4v) is 0.990. The van der Waals surface area contributed by atoms with E-state index in [0.717, 1.165) is 0 Å². The van der Waals surface area contributed by atoms with Gasteiger partial charge in [0.2, 0.25) is 0 Å². The van der Waals surface area contributed by atoms with E-state index in [1.165, 1.54) is 12.1 Å². The maximum absolute atomic E-state index is 10.5. The van der Waals surface area contributed by atoms with Crippen LogP contribution in [0.3, 0.4) is 0 Å². The van der Waals surface area contributed by atoms with Gasteiger partial charge in [-0.05, 0) is 0 Å². The van der Waals surface area contributed by atoms with Crippen LogP contribution in [-0.4, -0.2) is 16.0 Å². The van der Waals surface area contributed by atoms with Crippen molar-refractivity contribution in [2.24, 2.45) is 0 Å². The van der Waals surface area contributed by atoms with Gasteiger partial charge >= 0.3 is 12.0 Å². The summed E-state index contributed by atoms with van der Waals surface area (Å²) in [7, 11) is 0. The molecule has 1 atom stereocenters. The molecule has 0 aliphatic carbocycles. The molecule has 0 saturated carbocycles. The number of carbonyl (C=O) groups is 1. The van der Waals surface area contributed by atoms with E-state index >= 15 is 0 Å². The second-order valence-electron chi connectivity index (χ2n) is 2.44. The normalized spacial score (nSPS) is 11.1. The Labute approximate surface area is 95.4 Å². The van der Waals surface area contributed by atoms with Gasteiger partial charge in [0.1, 0.15) is 0 Å². The minimum absolute atomic E-state index is 0. The van der Waals surface area contributed by atoms with Crippen LogP contribution in [0, 0.1) is 10.1 Å². The van der Waals surface area contributed by atoms with Gasteiger partial charge in [0.25, 0.3) is 0 Å². The molecule has 0 heterocycles. The number of nitrogens with zero attached hydrogens (tertiary/aromatic N) is 1. The molecule has 1 aromatic carbocycles. The quantitative estimate of drug-likeness (QED) is 0.513. The molecule has 0 bridgehead atoms. The number of hydrogen-bond donors (Lipinski definition) is 1. The molecule has 1 unspecified atom stereocenters. The molecular weight excluding hydrogens is 282 g/mol. The Balaban J connectivity index is 0.00000169. The van der Waals surface area contributed by atoms with Crippen LogP contribution in [0.2, 0.25) is 0 Å². The van der Waals surface area contributed by atoms with Crippen molar-refractivity contribution in [2.45, 2.75) is 6.04 Å². The third kappa shape index (κ3) is 2.95. The van der Waals surface area contributed by atoms with Gasteiger partial charge in [-0.15, -0.1) is 0 Å². The molecular formula is C8H7AgNO4. The van der Waals surface area contributed by atoms with E-state index in [-0.39, 0.29) is 27.9 Å². The molecule has 1 aromatic rings. The van der Waals surface area contributed by atoms with Crippen molar-refractivity contribution < 1.29 is 37.2 Å². The van der Waals surface area contributed by atoms with E-state index < -0.39 is 16.9 Å². The Kier molecular flexibility index (Phi) is 5.07. The monoisotopic (exact) mass is 288 g/mol. The first kappa shape index (κ1) is 12.8. The van der Waals surface area contributed by atoms with Crippen molar-refractivity contribution in [3.63, 3.8) is 0 Å². The van der Waals surface area contributed by atoms with Crippen molar-refractivity contribution in [3.05, 3.63) is 46.0 Å². The SMILES string of the molecule is O=C(O)C(c1ccccc1)[N+](=O)[O-].[Ag]. The average molecular weight is 289 g/mol. The number of carboxylic acids is 1. The van der Waals surface area contributed by atoms with Crippen molar-refractivity contribution in [1.29, 1.82) is 0 Å². The number of hydrogen-bond acceptors (Lipinski definition) is 3. The largest absolute Gasteiger partial charge is 0.476 e. The van der Waals surface area contributed by atoms with Gasteiger partial charge in [-0.2, -0.15) is 0 Å². The summed E-state index contributed by atoms with van der Waals surface area (Å²) in [5, 5.41) is 18.9. The molecule has 0 saturated heterocycles. The van der Waals surface area contributed by atoms with Crippen LogP contribution in [0.1, 0.15) is 11.6 Å². The molecule has 1 rings (SSSR count). The Hall–Kier alpha value is -1.17. The predicted molar refractivity (Wildman–Crippen MR) is 43.8 cm³/mol. The summed E-state index contributed by atoms with van der Waals surface area (Å²) < 4.78 is 0. The minimum atomic E-state index is -1.67. The topological polar surface area (TPSA) is 80.4 Å². The zero-order valence-corrected chi connectivity index (χ0v) is 8.37. The number of carboxylic acid groups (broad SMARTS) is 1. The standard InChI is InChI=1S/C8H7NO4.Ag/c10-8(11)7(9(12)13)6-4-2-1-3-5-6;/h1-5,7H,(H,10,11);. The van der Waals surface area contributed by atoms with E-state index in [1.807, 2.05) is 0 Å². The number of nitro groups is 1. The second kappa shape index (κ2) is 5.54. The molecule has 5 nitrogen and oxygen atoms in total. The van der Waals surface area contributed by atoms with Gasteiger partial charge in [-0.3, -0.25) is 10.1 Å². The maximum atomic E-state index is 10.5. The van der Waals surface area contributed by atoms with Crippen LogP contribution < -0.4 is 0 Å². The average Bonchev–Trinajstić information content (AvgIpc) is 2.04. The summed E-state index contributed by atoms with van der Waals surface area (Å²) in [6.45, 7) is 0. The van der Waals surface area contributed by atoms with Gasteiger partial charge in [0.15, 0.2) is 0 Å². The van der Waals surface area contributed by atoms with E-state index in [1.54, 1.807) is 18.2 Å². The summed E-state index contributed by atoms with van der Waals surface area (Å²) in [5.41, 5.74) is 0.181. The fourth-order valence-electron chi connectivity index (χ4n) is 0.990. The third-order valence-electron chi connectivity index (χ3n) is 1.56. The van der Waals surface area contributed by atoms with Crippen LogP contribution in [0.25, 0.3) is 0 Å². The molecule has 79 valence electrons. The number of rotatable bonds is 3. The molecule has 1 radical (unpaired) electrons. The molecule has 6 heteroatoms. The first-order chi connectivity index (χ1) is 6.13. The van der Waals surface area contributed by atoms with Gasteiger partial charge in [0, 0.05) is 32.9 Å². The van der Waals surface area contributed by atoms with Crippen LogP contribution in [0.15, 0.2) is 30.3 Å². The molecule has 0 aliphatic heterocycles. The van der Waals surface area contributed by atoms with Crippen molar-refractivity contribution in [3.8, 4) is 0 Å². The van der Waals surface area contributed by atoms with Gasteiger partial charge in [0.05, 0.1) is 0 Å². The fraction of sp³-hybridized carbons (Fsp3) is 0.125. The Bertz CT molecular complexity index is 313. The van der Waals surface area contributed by atoms with Gasteiger partial charge in [-0.25, -0.2) is 4.79 Å². The molecule has 1 N–H and O–H groups in total. The molecule has 0 amide bonds. The first-order valence-corrected chi connectivity index (χ1v) is 3.54. The molecule has 0 aromatic heterocycles. The van der Waals surface area contributed by atoms with Crippen molar-refractivity contribution >= 4 is 5.97 Å². The zero-order valence-electron chi connectivity index (χ0n) is 6.88. The second-order valence-corrected chi connectivity index (χ2v) is 2.44. The smallest absolute Gasteiger partial charge is 0.384 e. The summed E-state index contributed by atoms with van der Waals surface area (Å²) in [6.07, 6.45) is 0. The van der Waals surface area contributed by atoms with Crippen LogP contribution in [0.5, 0.6) is 0 Å². The number of benzene rings is 1. The van der Waals surface area contributed by atoms with E-state index in [9.17, 15) is 14.9 Å². The van der Waals surface area contributed by atoms with Crippen molar-refractivity contribution in [2.75, 3.05) is 0 Å². The van der Waals surface area contributed by atoms with E-state index in [4.69, 9.17) is 5.11 Å². The number of aliphatic carboxylic acids is 1. The predicted octanol–water partition coefficient (Wildman–Crippen LogP) is 1.09. The molecule has 14 heavy (non-hydrogen) atoms. The van der Waals surface area contributed by atoms with E-state index in [0.29, 0.717) is 0 Å². The van der Waals surface area contributed by atoms with Crippen LogP contribution >= 0.6 is 0 Å².